The van der Waals surface area contributed by atoms with Gasteiger partial charge in [0, 0.05) is 19.4 Å². The molecule has 8 heteroatoms. The van der Waals surface area contributed by atoms with Crippen LogP contribution in [0.25, 0.3) is 0 Å². The van der Waals surface area contributed by atoms with Crippen LogP contribution in [0.15, 0.2) is 24.3 Å². The van der Waals surface area contributed by atoms with Gasteiger partial charge in [0.15, 0.2) is 0 Å². The third kappa shape index (κ3) is 5.75. The molecular weight excluding hydrogens is 326 g/mol. The number of ether oxygens (including phenoxy) is 2. The van der Waals surface area contributed by atoms with E-state index in [0.29, 0.717) is 24.6 Å². The number of likely N-dealkylation sites (tertiary alicyclic amines) is 1. The number of anilines is 1. The van der Waals surface area contributed by atoms with Crippen molar-refractivity contribution in [2.45, 2.75) is 19.8 Å². The first-order chi connectivity index (χ1) is 12.1. The number of hydrogen-bond donors (Lipinski definition) is 2. The zero-order chi connectivity index (χ0) is 18.1. The van der Waals surface area contributed by atoms with E-state index in [2.05, 4.69) is 10.6 Å². The van der Waals surface area contributed by atoms with Gasteiger partial charge < -0.3 is 20.1 Å². The summed E-state index contributed by atoms with van der Waals surface area (Å²) in [4.78, 5) is 35.9. The first-order valence-corrected chi connectivity index (χ1v) is 8.29. The van der Waals surface area contributed by atoms with Gasteiger partial charge in [-0.05, 0) is 19.1 Å². The molecule has 0 saturated carbocycles. The van der Waals surface area contributed by atoms with Crippen molar-refractivity contribution in [3.63, 3.8) is 0 Å². The lowest BCUT2D eigenvalue weighted by Gasteiger charge is -2.14. The van der Waals surface area contributed by atoms with Crippen LogP contribution in [0.4, 0.5) is 10.5 Å². The lowest BCUT2D eigenvalue weighted by molar-refractivity contribution is -0.139. The molecule has 8 nitrogen and oxygen atoms in total. The maximum absolute atomic E-state index is 11.9. The number of para-hydroxylation sites is 2. The summed E-state index contributed by atoms with van der Waals surface area (Å²) in [5, 5.41) is 5.38. The second kappa shape index (κ2) is 9.63. The Balaban J connectivity index is 1.61. The van der Waals surface area contributed by atoms with Gasteiger partial charge in [0.2, 0.25) is 11.8 Å². The fourth-order valence-corrected chi connectivity index (χ4v) is 2.38. The van der Waals surface area contributed by atoms with E-state index in [1.54, 1.807) is 12.1 Å². The third-order valence-electron chi connectivity index (χ3n) is 3.58. The summed E-state index contributed by atoms with van der Waals surface area (Å²) in [7, 11) is 0. The van der Waals surface area contributed by atoms with Crippen LogP contribution in [0.3, 0.4) is 0 Å². The highest BCUT2D eigenvalue weighted by atomic mass is 16.5. The monoisotopic (exact) mass is 349 g/mol. The van der Waals surface area contributed by atoms with Crippen molar-refractivity contribution in [1.29, 1.82) is 0 Å². The van der Waals surface area contributed by atoms with E-state index in [1.165, 1.54) is 4.90 Å². The average molecular weight is 349 g/mol. The Hall–Kier alpha value is -2.61. The molecule has 25 heavy (non-hydrogen) atoms. The Morgan fingerprint density at radius 2 is 1.88 bits per heavy atom. The summed E-state index contributed by atoms with van der Waals surface area (Å²) >= 11 is 0. The molecule has 1 aliphatic rings. The van der Waals surface area contributed by atoms with Crippen LogP contribution in [0, 0.1) is 0 Å². The lowest BCUT2D eigenvalue weighted by atomic mass is 10.3. The summed E-state index contributed by atoms with van der Waals surface area (Å²) in [5.74, 6) is 0.300. The van der Waals surface area contributed by atoms with E-state index in [0.717, 1.165) is 0 Å². The molecule has 0 aromatic heterocycles. The molecular formula is C17H23N3O5. The number of carbonyl (C=O) groups excluding carboxylic acids is 3. The highest BCUT2D eigenvalue weighted by Gasteiger charge is 2.28. The van der Waals surface area contributed by atoms with Crippen molar-refractivity contribution in [1.82, 2.24) is 10.2 Å². The Morgan fingerprint density at radius 1 is 1.16 bits per heavy atom. The number of benzene rings is 1. The molecule has 2 rings (SSSR count). The molecule has 2 N–H and O–H groups in total. The van der Waals surface area contributed by atoms with E-state index in [9.17, 15) is 14.4 Å². The Kier molecular flexibility index (Phi) is 7.21. The quantitative estimate of drug-likeness (QED) is 0.518. The molecule has 0 bridgehead atoms. The predicted octanol–water partition coefficient (Wildman–Crippen LogP) is 1.37. The Labute approximate surface area is 146 Å². The summed E-state index contributed by atoms with van der Waals surface area (Å²) in [5.41, 5.74) is 0.592. The van der Waals surface area contributed by atoms with E-state index in [4.69, 9.17) is 9.47 Å². The zero-order valence-corrected chi connectivity index (χ0v) is 14.2. The van der Waals surface area contributed by atoms with Crippen molar-refractivity contribution in [3.8, 4) is 5.75 Å². The first kappa shape index (κ1) is 18.7. The van der Waals surface area contributed by atoms with Crippen LogP contribution >= 0.6 is 0 Å². The van der Waals surface area contributed by atoms with Crippen LogP contribution in [-0.2, 0) is 14.3 Å². The maximum Gasteiger partial charge on any atom is 0.319 e. The second-order valence-corrected chi connectivity index (χ2v) is 5.36. The van der Waals surface area contributed by atoms with Crippen LogP contribution < -0.4 is 15.4 Å². The second-order valence-electron chi connectivity index (χ2n) is 5.36. The summed E-state index contributed by atoms with van der Waals surface area (Å²) < 4.78 is 10.8. The molecule has 0 atom stereocenters. The van der Waals surface area contributed by atoms with E-state index in [1.807, 2.05) is 19.1 Å². The fraction of sp³-hybridized carbons (Fsp3) is 0.471. The number of amides is 4. The Morgan fingerprint density at radius 3 is 2.60 bits per heavy atom. The van der Waals surface area contributed by atoms with E-state index in [-0.39, 0.29) is 50.4 Å². The third-order valence-corrected chi connectivity index (χ3v) is 3.58. The van der Waals surface area contributed by atoms with Gasteiger partial charge in [-0.1, -0.05) is 12.1 Å². The van der Waals surface area contributed by atoms with E-state index >= 15 is 0 Å². The van der Waals surface area contributed by atoms with Gasteiger partial charge in [-0.3, -0.25) is 14.5 Å². The van der Waals surface area contributed by atoms with Gasteiger partial charge in [-0.15, -0.1) is 0 Å². The van der Waals surface area contributed by atoms with Crippen molar-refractivity contribution >= 4 is 23.5 Å². The van der Waals surface area contributed by atoms with E-state index < -0.39 is 0 Å². The summed E-state index contributed by atoms with van der Waals surface area (Å²) in [6.07, 6.45) is 0.563. The van der Waals surface area contributed by atoms with Gasteiger partial charge >= 0.3 is 6.03 Å². The number of nitrogens with one attached hydrogen (secondary N) is 2. The average Bonchev–Trinajstić information content (AvgIpc) is 2.91. The van der Waals surface area contributed by atoms with Gasteiger partial charge in [-0.2, -0.15) is 0 Å². The minimum atomic E-state index is -0.361. The van der Waals surface area contributed by atoms with Crippen LogP contribution in [-0.4, -0.2) is 55.7 Å². The molecule has 136 valence electrons. The van der Waals surface area contributed by atoms with Gasteiger partial charge in [0.25, 0.3) is 0 Å². The molecule has 1 aliphatic heterocycles. The zero-order valence-electron chi connectivity index (χ0n) is 14.2. The maximum atomic E-state index is 11.9. The van der Waals surface area contributed by atoms with Crippen molar-refractivity contribution < 1.29 is 23.9 Å². The van der Waals surface area contributed by atoms with Gasteiger partial charge in [-0.25, -0.2) is 4.79 Å². The number of urea groups is 1. The fourth-order valence-electron chi connectivity index (χ4n) is 2.38. The number of nitrogens with zero attached hydrogens (tertiary/aromatic N) is 1. The minimum absolute atomic E-state index is 0.154. The first-order valence-electron chi connectivity index (χ1n) is 8.29. The molecule has 1 fully saturated rings. The van der Waals surface area contributed by atoms with Crippen molar-refractivity contribution in [2.24, 2.45) is 0 Å². The molecule has 1 heterocycles. The molecule has 0 spiro atoms. The number of rotatable bonds is 9. The normalized spacial score (nSPS) is 13.9. The number of hydrogen-bond acceptors (Lipinski definition) is 5. The molecule has 4 amide bonds. The highest BCUT2D eigenvalue weighted by molar-refractivity contribution is 6.01. The van der Waals surface area contributed by atoms with Crippen LogP contribution in [0.5, 0.6) is 5.75 Å². The molecule has 1 aromatic carbocycles. The largest absolute Gasteiger partial charge is 0.492 e. The standard InChI is InChI=1S/C17H23N3O5/c1-2-25-14-6-4-3-5-13(14)19-17(23)18-9-11-24-12-10-20-15(21)7-8-16(20)22/h3-6H,2,7-12H2,1H3,(H2,18,19,23). The SMILES string of the molecule is CCOc1ccccc1NC(=O)NCCOCCN1C(=O)CCC1=O. The lowest BCUT2D eigenvalue weighted by Crippen LogP contribution is -2.34. The molecule has 0 aliphatic carbocycles. The molecule has 0 radical (unpaired) electrons. The molecule has 1 saturated heterocycles. The number of carbonyl (C=O) groups is 3. The predicted molar refractivity (Wildman–Crippen MR) is 91.4 cm³/mol. The highest BCUT2D eigenvalue weighted by Crippen LogP contribution is 2.23. The summed E-state index contributed by atoms with van der Waals surface area (Å²) in [6.45, 7) is 3.49. The van der Waals surface area contributed by atoms with Gasteiger partial charge in [0.1, 0.15) is 5.75 Å². The summed E-state index contributed by atoms with van der Waals surface area (Å²) in [6, 6.07) is 6.81. The minimum Gasteiger partial charge on any atom is -0.492 e. The smallest absolute Gasteiger partial charge is 0.319 e. The topological polar surface area (TPSA) is 97.0 Å². The number of imide groups is 1. The Bertz CT molecular complexity index is 604. The molecule has 1 aromatic rings. The van der Waals surface area contributed by atoms with Crippen molar-refractivity contribution in [2.75, 3.05) is 38.2 Å². The van der Waals surface area contributed by atoms with Gasteiger partial charge in [0.05, 0.1) is 32.1 Å². The van der Waals surface area contributed by atoms with Crippen molar-refractivity contribution in [3.05, 3.63) is 24.3 Å². The molecule has 0 unspecified atom stereocenters. The van der Waals surface area contributed by atoms with Crippen LogP contribution in [0.1, 0.15) is 19.8 Å². The van der Waals surface area contributed by atoms with Crippen LogP contribution in [0.2, 0.25) is 0 Å².